The first-order valence-electron chi connectivity index (χ1n) is 9.25. The Hall–Kier alpha value is -3.41. The van der Waals surface area contributed by atoms with Gasteiger partial charge >= 0.3 is 0 Å². The van der Waals surface area contributed by atoms with Crippen molar-refractivity contribution >= 4 is 11.6 Å². The summed E-state index contributed by atoms with van der Waals surface area (Å²) < 4.78 is 1.50. The van der Waals surface area contributed by atoms with Crippen LogP contribution in [0.1, 0.15) is 16.4 Å². The normalized spacial score (nSPS) is 13.9. The Morgan fingerprint density at radius 2 is 1.75 bits per heavy atom. The molecule has 1 aliphatic rings. The van der Waals surface area contributed by atoms with Crippen LogP contribution >= 0.6 is 0 Å². The summed E-state index contributed by atoms with van der Waals surface area (Å²) >= 11 is 0. The third-order valence-corrected chi connectivity index (χ3v) is 5.00. The molecule has 28 heavy (non-hydrogen) atoms. The third kappa shape index (κ3) is 3.41. The minimum Gasteiger partial charge on any atom is -0.378 e. The number of amides is 1. The number of hydrogen-bond acceptors (Lipinski definition) is 4. The Morgan fingerprint density at radius 1 is 1.00 bits per heavy atom. The van der Waals surface area contributed by atoms with Crippen LogP contribution in [0.15, 0.2) is 71.5 Å². The monoisotopic (exact) mass is 374 g/mol. The second-order valence-electron chi connectivity index (χ2n) is 7.18. The Kier molecular flexibility index (Phi) is 4.69. The predicted molar refractivity (Wildman–Crippen MR) is 110 cm³/mol. The number of hydrogen-bond donors (Lipinski definition) is 0. The molecule has 0 N–H and O–H groups in total. The van der Waals surface area contributed by atoms with Gasteiger partial charge in [-0.2, -0.15) is 5.10 Å². The first-order valence-corrected chi connectivity index (χ1v) is 9.25. The maximum Gasteiger partial charge on any atom is 0.267 e. The molecule has 0 aliphatic carbocycles. The number of benzene rings is 2. The van der Waals surface area contributed by atoms with E-state index in [0.717, 1.165) is 16.9 Å². The lowest BCUT2D eigenvalue weighted by atomic mass is 10.1. The Balaban J connectivity index is 1.50. The van der Waals surface area contributed by atoms with Gasteiger partial charge in [-0.05, 0) is 24.3 Å². The van der Waals surface area contributed by atoms with E-state index in [-0.39, 0.29) is 17.5 Å². The fourth-order valence-corrected chi connectivity index (χ4v) is 3.33. The largest absolute Gasteiger partial charge is 0.378 e. The van der Waals surface area contributed by atoms with Crippen LogP contribution in [0.4, 0.5) is 5.69 Å². The standard InChI is InChI=1S/C22H22N4O2/c1-24(2)18-10-6-9-17(13-18)22(28)25-14-19(15-25)26-21(27)12-11-20(23-26)16-7-4-3-5-8-16/h3-13,19H,14-15H2,1-2H3. The van der Waals surface area contributed by atoms with Gasteiger partial charge in [-0.25, -0.2) is 4.68 Å². The molecule has 6 heteroatoms. The van der Waals surface area contributed by atoms with Gasteiger partial charge in [-0.3, -0.25) is 9.59 Å². The molecule has 2 aromatic carbocycles. The number of rotatable bonds is 4. The number of anilines is 1. The molecule has 1 aliphatic heterocycles. The van der Waals surface area contributed by atoms with E-state index in [1.165, 1.54) is 4.68 Å². The van der Waals surface area contributed by atoms with Gasteiger partial charge in [-0.1, -0.05) is 36.4 Å². The first kappa shape index (κ1) is 18.0. The summed E-state index contributed by atoms with van der Waals surface area (Å²) in [6.45, 7) is 0.965. The highest BCUT2D eigenvalue weighted by Gasteiger charge is 2.34. The number of carbonyl (C=O) groups is 1. The highest BCUT2D eigenvalue weighted by molar-refractivity contribution is 5.95. The Morgan fingerprint density at radius 3 is 2.46 bits per heavy atom. The molecule has 0 atom stereocenters. The number of nitrogens with zero attached hydrogens (tertiary/aromatic N) is 4. The van der Waals surface area contributed by atoms with Gasteiger partial charge in [0.1, 0.15) is 0 Å². The first-order chi connectivity index (χ1) is 13.5. The van der Waals surface area contributed by atoms with Gasteiger partial charge in [0.05, 0.1) is 11.7 Å². The second-order valence-corrected chi connectivity index (χ2v) is 7.18. The van der Waals surface area contributed by atoms with Gasteiger partial charge in [0.15, 0.2) is 0 Å². The van der Waals surface area contributed by atoms with Crippen LogP contribution in [0.5, 0.6) is 0 Å². The van der Waals surface area contributed by atoms with E-state index in [4.69, 9.17) is 0 Å². The van der Waals surface area contributed by atoms with Crippen LogP contribution < -0.4 is 10.5 Å². The zero-order valence-corrected chi connectivity index (χ0v) is 15.9. The predicted octanol–water partition coefficient (Wildman–Crippen LogP) is 2.67. The van der Waals surface area contributed by atoms with Crippen molar-refractivity contribution in [3.05, 3.63) is 82.6 Å². The highest BCUT2D eigenvalue weighted by Crippen LogP contribution is 2.24. The summed E-state index contributed by atoms with van der Waals surface area (Å²) in [5.74, 6) is -0.0211. The molecule has 0 radical (unpaired) electrons. The quantitative estimate of drug-likeness (QED) is 0.705. The molecule has 6 nitrogen and oxygen atoms in total. The molecule has 142 valence electrons. The molecule has 4 rings (SSSR count). The van der Waals surface area contributed by atoms with E-state index in [1.807, 2.05) is 73.6 Å². The number of carbonyl (C=O) groups excluding carboxylic acids is 1. The van der Waals surface area contributed by atoms with Crippen molar-refractivity contribution in [3.8, 4) is 11.3 Å². The molecule has 1 aromatic heterocycles. The zero-order valence-electron chi connectivity index (χ0n) is 15.9. The maximum absolute atomic E-state index is 12.8. The molecule has 0 saturated carbocycles. The van der Waals surface area contributed by atoms with E-state index in [0.29, 0.717) is 18.7 Å². The van der Waals surface area contributed by atoms with Crippen molar-refractivity contribution in [2.45, 2.75) is 6.04 Å². The molecule has 3 aromatic rings. The molecular weight excluding hydrogens is 352 g/mol. The minimum absolute atomic E-state index is 0.0211. The summed E-state index contributed by atoms with van der Waals surface area (Å²) in [4.78, 5) is 28.8. The van der Waals surface area contributed by atoms with Crippen LogP contribution in [0.3, 0.4) is 0 Å². The highest BCUT2D eigenvalue weighted by atomic mass is 16.2. The lowest BCUT2D eigenvalue weighted by Gasteiger charge is -2.39. The number of aromatic nitrogens is 2. The van der Waals surface area contributed by atoms with Crippen LogP contribution in [0, 0.1) is 0 Å². The Bertz CT molecular complexity index is 1050. The van der Waals surface area contributed by atoms with Gasteiger partial charge in [0.25, 0.3) is 11.5 Å². The fourth-order valence-electron chi connectivity index (χ4n) is 3.33. The van der Waals surface area contributed by atoms with Crippen molar-refractivity contribution < 1.29 is 4.79 Å². The van der Waals surface area contributed by atoms with Crippen molar-refractivity contribution in [1.82, 2.24) is 14.7 Å². The maximum atomic E-state index is 12.8. The van der Waals surface area contributed by atoms with E-state index >= 15 is 0 Å². The third-order valence-electron chi connectivity index (χ3n) is 5.00. The van der Waals surface area contributed by atoms with E-state index < -0.39 is 0 Å². The van der Waals surface area contributed by atoms with Gasteiger partial charge < -0.3 is 9.80 Å². The van der Waals surface area contributed by atoms with Gasteiger partial charge in [0, 0.05) is 50.1 Å². The van der Waals surface area contributed by atoms with Crippen LogP contribution in [0.25, 0.3) is 11.3 Å². The molecule has 1 fully saturated rings. The summed E-state index contributed by atoms with van der Waals surface area (Å²) in [6.07, 6.45) is 0. The van der Waals surface area contributed by atoms with Crippen LogP contribution in [0.2, 0.25) is 0 Å². The lowest BCUT2D eigenvalue weighted by molar-refractivity contribution is 0.0493. The molecular formula is C22H22N4O2. The molecule has 1 saturated heterocycles. The fraction of sp³-hybridized carbons (Fsp3) is 0.227. The molecule has 0 bridgehead atoms. The van der Waals surface area contributed by atoms with Crippen LogP contribution in [-0.4, -0.2) is 47.8 Å². The van der Waals surface area contributed by atoms with Crippen molar-refractivity contribution in [3.63, 3.8) is 0 Å². The van der Waals surface area contributed by atoms with Crippen molar-refractivity contribution in [2.75, 3.05) is 32.1 Å². The van der Waals surface area contributed by atoms with Gasteiger partial charge in [0.2, 0.25) is 0 Å². The number of likely N-dealkylation sites (tertiary alicyclic amines) is 1. The van der Waals surface area contributed by atoms with Crippen molar-refractivity contribution in [1.29, 1.82) is 0 Å². The van der Waals surface area contributed by atoms with E-state index in [1.54, 1.807) is 17.0 Å². The average molecular weight is 374 g/mol. The topological polar surface area (TPSA) is 58.4 Å². The molecule has 0 spiro atoms. The molecule has 2 heterocycles. The smallest absolute Gasteiger partial charge is 0.267 e. The molecule has 1 amide bonds. The summed E-state index contributed by atoms with van der Waals surface area (Å²) in [5.41, 5.74) is 3.21. The van der Waals surface area contributed by atoms with Crippen LogP contribution in [-0.2, 0) is 0 Å². The summed E-state index contributed by atoms with van der Waals surface area (Å²) in [6, 6.07) is 20.5. The SMILES string of the molecule is CN(C)c1cccc(C(=O)N2CC(n3nc(-c4ccccc4)ccc3=O)C2)c1. The van der Waals surface area contributed by atoms with E-state index in [2.05, 4.69) is 5.10 Å². The van der Waals surface area contributed by atoms with Gasteiger partial charge in [-0.15, -0.1) is 0 Å². The second kappa shape index (κ2) is 7.31. The zero-order chi connectivity index (χ0) is 19.7. The minimum atomic E-state index is -0.147. The Labute approximate surface area is 163 Å². The van der Waals surface area contributed by atoms with Crippen molar-refractivity contribution in [2.24, 2.45) is 0 Å². The molecule has 0 unspecified atom stereocenters. The summed E-state index contributed by atoms with van der Waals surface area (Å²) in [5, 5.41) is 4.53. The van der Waals surface area contributed by atoms with E-state index in [9.17, 15) is 9.59 Å². The lowest BCUT2D eigenvalue weighted by Crippen LogP contribution is -2.53. The summed E-state index contributed by atoms with van der Waals surface area (Å²) in [7, 11) is 3.89. The average Bonchev–Trinajstić information content (AvgIpc) is 2.69.